The highest BCUT2D eigenvalue weighted by Crippen LogP contribution is 2.49. The number of likely N-dealkylation sites (N-methyl/N-ethyl adjacent to an activating group) is 2. The van der Waals surface area contributed by atoms with E-state index < -0.39 is 22.8 Å². The van der Waals surface area contributed by atoms with Gasteiger partial charge < -0.3 is 34.4 Å². The van der Waals surface area contributed by atoms with E-state index in [0.717, 1.165) is 81.5 Å². The minimum atomic E-state index is -0.621. The number of ether oxygens (including phenoxy) is 3. The zero-order valence-corrected chi connectivity index (χ0v) is 40.2. The van der Waals surface area contributed by atoms with E-state index in [1.54, 1.807) is 0 Å². The average Bonchev–Trinajstić information content (AvgIpc) is 3.81. The maximum absolute atomic E-state index is 14.1. The fraction of sp³-hybridized carbons (Fsp3) is 0.830. The first-order chi connectivity index (χ1) is 28.4. The van der Waals surface area contributed by atoms with Crippen LogP contribution in [-0.4, -0.2) is 128 Å². The van der Waals surface area contributed by atoms with Crippen molar-refractivity contribution in [1.82, 2.24) is 40.4 Å². The van der Waals surface area contributed by atoms with Gasteiger partial charge >= 0.3 is 12.2 Å². The number of hydrogen-bond acceptors (Lipinski definition) is 10. The Hall–Kier alpha value is -3.20. The molecule has 14 nitrogen and oxygen atoms in total. The van der Waals surface area contributed by atoms with Crippen LogP contribution in [0.3, 0.4) is 0 Å². The normalized spacial score (nSPS) is 25.1. The molecule has 2 aromatic rings. The zero-order valence-electron chi connectivity index (χ0n) is 40.2. The van der Waals surface area contributed by atoms with Crippen LogP contribution in [-0.2, 0) is 27.3 Å². The third-order valence-corrected chi connectivity index (χ3v) is 13.4. The highest BCUT2D eigenvalue weighted by molar-refractivity contribution is 5.69. The fourth-order valence-electron chi connectivity index (χ4n) is 10.0. The number of aliphatic hydroxyl groups excluding tert-OH is 1. The first-order valence-electron chi connectivity index (χ1n) is 23.1. The molecular weight excluding hydrogens is 773 g/mol. The van der Waals surface area contributed by atoms with Crippen LogP contribution < -0.4 is 5.32 Å². The minimum absolute atomic E-state index is 0.0294. The SMILES string of the molecule is Cc1[nH]nc(C2CCC3(CC2)CC(C)(N(CCN(C)Cc2c(C4CCC(CC(C)(C)CO)CC4)n[nH]c2C)C(=O)OC(C)(C)C)CO3)c1CN(C)CCNC(=O)OC(C)(C)C. The van der Waals surface area contributed by atoms with E-state index >= 15 is 0 Å². The lowest BCUT2D eigenvalue weighted by Crippen LogP contribution is -2.54. The van der Waals surface area contributed by atoms with Crippen molar-refractivity contribution < 1.29 is 28.9 Å². The Kier molecular flexibility index (Phi) is 15.8. The molecule has 3 heterocycles. The number of nitrogens with one attached hydrogen (secondary N) is 3. The molecule has 2 aliphatic carbocycles. The number of H-pyrrole nitrogens is 2. The van der Waals surface area contributed by atoms with Gasteiger partial charge in [0.1, 0.15) is 11.2 Å². The van der Waals surface area contributed by atoms with Gasteiger partial charge in [0.15, 0.2) is 0 Å². The highest BCUT2D eigenvalue weighted by Gasteiger charge is 2.53. The standard InChI is InChI=1S/C47H82N8O6/c1-32-37(27-53(12)23-22-48-41(57)60-43(3,4)5)40(52-50-32)36-18-20-47(21-19-36)29-46(11,31-59-47)55(42(58)61-44(6,7)8)25-24-54(13)28-38-33(2)49-51-39(38)35-16-14-34(15-17-35)26-45(9,10)30-56/h34-36,56H,14-31H2,1-13H3,(H,48,57)(H,49,51)(H,50,52). The van der Waals surface area contributed by atoms with E-state index in [1.165, 1.54) is 29.7 Å². The molecule has 5 rings (SSSR count). The summed E-state index contributed by atoms with van der Waals surface area (Å²) in [7, 11) is 4.20. The first-order valence-corrected chi connectivity index (χ1v) is 23.1. The second kappa shape index (κ2) is 19.7. The maximum atomic E-state index is 14.1. The molecule has 61 heavy (non-hydrogen) atoms. The van der Waals surface area contributed by atoms with Gasteiger partial charge in [0.25, 0.3) is 0 Å². The predicted octanol–water partition coefficient (Wildman–Crippen LogP) is 8.33. The van der Waals surface area contributed by atoms with E-state index in [1.807, 2.05) is 46.4 Å². The van der Waals surface area contributed by atoms with Crippen molar-refractivity contribution in [3.63, 3.8) is 0 Å². The largest absolute Gasteiger partial charge is 0.444 e. The minimum Gasteiger partial charge on any atom is -0.444 e. The molecular formula is C47H82N8O6. The summed E-state index contributed by atoms with van der Waals surface area (Å²) in [5.74, 6) is 1.40. The van der Waals surface area contributed by atoms with Gasteiger partial charge in [0.05, 0.1) is 29.1 Å². The fourth-order valence-corrected chi connectivity index (χ4v) is 10.0. The van der Waals surface area contributed by atoms with Crippen molar-refractivity contribution in [2.45, 2.75) is 188 Å². The number of rotatable bonds is 16. The maximum Gasteiger partial charge on any atom is 0.410 e. The molecule has 2 aromatic heterocycles. The predicted molar refractivity (Wildman–Crippen MR) is 240 cm³/mol. The molecule has 14 heteroatoms. The lowest BCUT2D eigenvalue weighted by atomic mass is 9.73. The van der Waals surface area contributed by atoms with Gasteiger partial charge in [-0.05, 0) is 146 Å². The summed E-state index contributed by atoms with van der Waals surface area (Å²) in [6, 6.07) is 0. The molecule has 4 N–H and O–H groups in total. The Bertz CT molecular complexity index is 1740. The van der Waals surface area contributed by atoms with Crippen LogP contribution in [0.1, 0.15) is 172 Å². The van der Waals surface area contributed by atoms with Crippen LogP contribution >= 0.6 is 0 Å². The van der Waals surface area contributed by atoms with Gasteiger partial charge in [-0.3, -0.25) is 15.1 Å². The molecule has 346 valence electrons. The molecule has 1 unspecified atom stereocenters. The summed E-state index contributed by atoms with van der Waals surface area (Å²) >= 11 is 0. The van der Waals surface area contributed by atoms with E-state index in [2.05, 4.69) is 74.0 Å². The molecule has 0 aromatic carbocycles. The molecule has 1 aliphatic heterocycles. The van der Waals surface area contributed by atoms with Gasteiger partial charge in [-0.15, -0.1) is 0 Å². The molecule has 1 atom stereocenters. The smallest absolute Gasteiger partial charge is 0.410 e. The van der Waals surface area contributed by atoms with Crippen molar-refractivity contribution in [2.75, 3.05) is 53.5 Å². The van der Waals surface area contributed by atoms with Crippen molar-refractivity contribution >= 4 is 12.2 Å². The first kappa shape index (κ1) is 48.8. The topological polar surface area (TPSA) is 161 Å². The van der Waals surface area contributed by atoms with Crippen LogP contribution in [0.15, 0.2) is 0 Å². The second-order valence-corrected chi connectivity index (χ2v) is 22.1. The van der Waals surface area contributed by atoms with Crippen LogP contribution in [0.4, 0.5) is 9.59 Å². The van der Waals surface area contributed by atoms with Crippen molar-refractivity contribution in [2.24, 2.45) is 11.3 Å². The van der Waals surface area contributed by atoms with E-state index in [-0.39, 0.29) is 23.7 Å². The number of aliphatic hydroxyl groups is 1. The molecule has 0 radical (unpaired) electrons. The number of alkyl carbamates (subject to hydrolysis) is 1. The third kappa shape index (κ3) is 13.4. The summed E-state index contributed by atoms with van der Waals surface area (Å²) in [5.41, 5.74) is 5.01. The van der Waals surface area contributed by atoms with E-state index in [4.69, 9.17) is 24.4 Å². The number of aromatic nitrogens is 4. The monoisotopic (exact) mass is 855 g/mol. The third-order valence-electron chi connectivity index (χ3n) is 13.4. The number of amides is 2. The van der Waals surface area contributed by atoms with Gasteiger partial charge in [0, 0.05) is 86.6 Å². The molecule has 3 aliphatic rings. The summed E-state index contributed by atoms with van der Waals surface area (Å²) in [4.78, 5) is 32.7. The van der Waals surface area contributed by atoms with Gasteiger partial charge in [-0.1, -0.05) is 13.8 Å². The van der Waals surface area contributed by atoms with Crippen molar-refractivity contribution in [1.29, 1.82) is 0 Å². The lowest BCUT2D eigenvalue weighted by Gasteiger charge is -2.41. The van der Waals surface area contributed by atoms with Crippen LogP contribution in [0.25, 0.3) is 0 Å². The van der Waals surface area contributed by atoms with Gasteiger partial charge in [-0.25, -0.2) is 9.59 Å². The summed E-state index contributed by atoms with van der Waals surface area (Å²) in [5, 5.41) is 28.9. The van der Waals surface area contributed by atoms with Gasteiger partial charge in [0.2, 0.25) is 0 Å². The molecule has 0 bridgehead atoms. The lowest BCUT2D eigenvalue weighted by molar-refractivity contribution is -0.0327. The summed E-state index contributed by atoms with van der Waals surface area (Å²) < 4.78 is 18.3. The summed E-state index contributed by atoms with van der Waals surface area (Å²) in [6.45, 7) is 26.7. The molecule has 3 fully saturated rings. The number of carbonyl (C=O) groups is 2. The van der Waals surface area contributed by atoms with E-state index in [0.29, 0.717) is 50.5 Å². The molecule has 1 saturated heterocycles. The molecule has 2 saturated carbocycles. The molecule has 2 amide bonds. The zero-order chi connectivity index (χ0) is 45.0. The average molecular weight is 855 g/mol. The number of hydrogen-bond donors (Lipinski definition) is 4. The number of carbonyl (C=O) groups excluding carboxylic acids is 2. The number of aromatic amines is 2. The van der Waals surface area contributed by atoms with Crippen LogP contribution in [0, 0.1) is 25.2 Å². The van der Waals surface area contributed by atoms with Crippen LogP contribution in [0.2, 0.25) is 0 Å². The summed E-state index contributed by atoms with van der Waals surface area (Å²) in [6.07, 6.45) is 9.44. The van der Waals surface area contributed by atoms with E-state index in [9.17, 15) is 14.7 Å². The van der Waals surface area contributed by atoms with Gasteiger partial charge in [-0.2, -0.15) is 10.2 Å². The number of aryl methyl sites for hydroxylation is 2. The Morgan fingerprint density at radius 3 is 1.85 bits per heavy atom. The second-order valence-electron chi connectivity index (χ2n) is 22.1. The Morgan fingerprint density at radius 2 is 1.33 bits per heavy atom. The Labute approximate surface area is 367 Å². The Morgan fingerprint density at radius 1 is 0.803 bits per heavy atom. The van der Waals surface area contributed by atoms with Crippen molar-refractivity contribution in [3.8, 4) is 0 Å². The van der Waals surface area contributed by atoms with Crippen molar-refractivity contribution in [3.05, 3.63) is 33.9 Å². The van der Waals surface area contributed by atoms with Crippen LogP contribution in [0.5, 0.6) is 0 Å². The number of nitrogens with zero attached hydrogens (tertiary/aromatic N) is 5. The Balaban J connectivity index is 1.18. The quantitative estimate of drug-likeness (QED) is 0.129. The molecule has 1 spiro atoms. The highest BCUT2D eigenvalue weighted by atomic mass is 16.6.